The molecule has 1 heterocycles. The molecule has 19 heavy (non-hydrogen) atoms. The highest BCUT2D eigenvalue weighted by Crippen LogP contribution is 2.39. The van der Waals surface area contributed by atoms with Gasteiger partial charge in [-0.3, -0.25) is 0 Å². The molecule has 98 valence electrons. The monoisotopic (exact) mass is 257 g/mol. The third-order valence-corrected chi connectivity index (χ3v) is 3.33. The Hall–Kier alpha value is -2.17. The van der Waals surface area contributed by atoms with E-state index in [1.807, 2.05) is 18.2 Å². The molecule has 0 aliphatic heterocycles. The fourth-order valence-corrected chi connectivity index (χ4v) is 2.12. The molecule has 5 nitrogen and oxygen atoms in total. The second-order valence-electron chi connectivity index (χ2n) is 4.81. The third kappa shape index (κ3) is 2.23. The number of aromatic nitrogens is 3. The highest BCUT2D eigenvalue weighted by molar-refractivity contribution is 5.83. The van der Waals surface area contributed by atoms with Crippen molar-refractivity contribution in [2.75, 3.05) is 0 Å². The summed E-state index contributed by atoms with van der Waals surface area (Å²) in [5.41, 5.74) is 2.09. The predicted octanol–water partition coefficient (Wildman–Crippen LogP) is 2.41. The maximum atomic E-state index is 11.0. The summed E-state index contributed by atoms with van der Waals surface area (Å²) < 4.78 is 1.68. The molecule has 0 spiro atoms. The van der Waals surface area contributed by atoms with Crippen LogP contribution in [0.5, 0.6) is 0 Å². The van der Waals surface area contributed by atoms with Crippen LogP contribution < -0.4 is 0 Å². The van der Waals surface area contributed by atoms with E-state index in [9.17, 15) is 4.79 Å². The highest BCUT2D eigenvalue weighted by Gasteiger charge is 2.31. The topological polar surface area (TPSA) is 68.0 Å². The van der Waals surface area contributed by atoms with Crippen LogP contribution in [0.4, 0.5) is 0 Å². The minimum Gasteiger partial charge on any atom is -0.475 e. The van der Waals surface area contributed by atoms with Crippen LogP contribution in [0.2, 0.25) is 0 Å². The van der Waals surface area contributed by atoms with Gasteiger partial charge < -0.3 is 5.11 Å². The molecule has 1 aliphatic rings. The van der Waals surface area contributed by atoms with Gasteiger partial charge in [-0.05, 0) is 37.0 Å². The Morgan fingerprint density at radius 3 is 2.89 bits per heavy atom. The van der Waals surface area contributed by atoms with E-state index < -0.39 is 5.97 Å². The maximum Gasteiger partial charge on any atom is 0.375 e. The minimum absolute atomic E-state index is 0.121. The van der Waals surface area contributed by atoms with E-state index >= 15 is 0 Å². The molecular formula is C14H15N3O2. The van der Waals surface area contributed by atoms with Gasteiger partial charge in [0.1, 0.15) is 5.82 Å². The summed E-state index contributed by atoms with van der Waals surface area (Å²) >= 11 is 0. The maximum absolute atomic E-state index is 11.0. The Morgan fingerprint density at radius 2 is 2.26 bits per heavy atom. The SMILES string of the molecule is CCc1cccc(-n2nc(C(=O)O)nc2C2CC2)c1. The molecule has 0 bridgehead atoms. The first-order valence-electron chi connectivity index (χ1n) is 6.48. The number of carboxylic acid groups (broad SMARTS) is 1. The lowest BCUT2D eigenvalue weighted by atomic mass is 10.1. The Kier molecular flexibility index (Phi) is 2.81. The van der Waals surface area contributed by atoms with Crippen LogP contribution in [0.3, 0.4) is 0 Å². The summed E-state index contributed by atoms with van der Waals surface area (Å²) in [6, 6.07) is 7.99. The number of hydrogen-bond acceptors (Lipinski definition) is 3. The Balaban J connectivity index is 2.09. The smallest absolute Gasteiger partial charge is 0.375 e. The van der Waals surface area contributed by atoms with Crippen molar-refractivity contribution >= 4 is 5.97 Å². The zero-order chi connectivity index (χ0) is 13.4. The zero-order valence-corrected chi connectivity index (χ0v) is 10.7. The minimum atomic E-state index is -1.08. The number of aryl methyl sites for hydroxylation is 1. The summed E-state index contributed by atoms with van der Waals surface area (Å²) in [4.78, 5) is 15.2. The van der Waals surface area contributed by atoms with Gasteiger partial charge in [-0.2, -0.15) is 0 Å². The lowest BCUT2D eigenvalue weighted by molar-refractivity contribution is 0.0683. The van der Waals surface area contributed by atoms with Gasteiger partial charge in [0.2, 0.25) is 0 Å². The van der Waals surface area contributed by atoms with Crippen molar-refractivity contribution in [1.29, 1.82) is 0 Å². The third-order valence-electron chi connectivity index (χ3n) is 3.33. The molecule has 0 saturated heterocycles. The molecule has 1 N–H and O–H groups in total. The molecule has 0 atom stereocenters. The van der Waals surface area contributed by atoms with Gasteiger partial charge >= 0.3 is 5.97 Å². The molecule has 2 aromatic rings. The number of nitrogens with zero attached hydrogens (tertiary/aromatic N) is 3. The fourth-order valence-electron chi connectivity index (χ4n) is 2.12. The average molecular weight is 257 g/mol. The summed E-state index contributed by atoms with van der Waals surface area (Å²) in [5, 5.41) is 13.2. The number of aromatic carboxylic acids is 1. The molecule has 0 amide bonds. The highest BCUT2D eigenvalue weighted by atomic mass is 16.4. The second kappa shape index (κ2) is 4.50. The predicted molar refractivity (Wildman–Crippen MR) is 69.7 cm³/mol. The number of carbonyl (C=O) groups is 1. The lowest BCUT2D eigenvalue weighted by Gasteiger charge is -2.06. The van der Waals surface area contributed by atoms with E-state index in [0.29, 0.717) is 5.92 Å². The normalized spacial score (nSPS) is 14.6. The van der Waals surface area contributed by atoms with Gasteiger partial charge in [-0.1, -0.05) is 19.1 Å². The van der Waals surface area contributed by atoms with Crippen molar-refractivity contribution in [3.8, 4) is 5.69 Å². The van der Waals surface area contributed by atoms with Crippen LogP contribution in [0.1, 0.15) is 47.7 Å². The van der Waals surface area contributed by atoms with Crippen molar-refractivity contribution in [3.05, 3.63) is 41.5 Å². The first kappa shape index (κ1) is 11.9. The molecule has 1 fully saturated rings. The van der Waals surface area contributed by atoms with Crippen LogP contribution in [-0.4, -0.2) is 25.8 Å². The summed E-state index contributed by atoms with van der Waals surface area (Å²) in [7, 11) is 0. The molecule has 0 radical (unpaired) electrons. The number of rotatable bonds is 4. The van der Waals surface area contributed by atoms with Crippen molar-refractivity contribution in [1.82, 2.24) is 14.8 Å². The van der Waals surface area contributed by atoms with Crippen molar-refractivity contribution in [2.24, 2.45) is 0 Å². The van der Waals surface area contributed by atoms with E-state index in [4.69, 9.17) is 5.11 Å². The zero-order valence-electron chi connectivity index (χ0n) is 10.7. The quantitative estimate of drug-likeness (QED) is 0.913. The standard InChI is InChI=1S/C14H15N3O2/c1-2-9-4-3-5-11(8-9)17-13(10-6-7-10)15-12(16-17)14(18)19/h3-5,8,10H,2,6-7H2,1H3,(H,18,19). The van der Waals surface area contributed by atoms with Crippen LogP contribution in [0, 0.1) is 0 Å². The van der Waals surface area contributed by atoms with Gasteiger partial charge in [0.15, 0.2) is 0 Å². The summed E-state index contributed by atoms with van der Waals surface area (Å²) in [6.45, 7) is 2.09. The van der Waals surface area contributed by atoms with Gasteiger partial charge in [0.25, 0.3) is 5.82 Å². The van der Waals surface area contributed by atoms with Gasteiger partial charge in [-0.25, -0.2) is 14.5 Å². The van der Waals surface area contributed by atoms with E-state index in [0.717, 1.165) is 30.8 Å². The molecule has 1 aromatic heterocycles. The number of carboxylic acids is 1. The Bertz CT molecular complexity index is 629. The van der Waals surface area contributed by atoms with Crippen LogP contribution in [0.15, 0.2) is 24.3 Å². The van der Waals surface area contributed by atoms with Crippen molar-refractivity contribution in [3.63, 3.8) is 0 Å². The lowest BCUT2D eigenvalue weighted by Crippen LogP contribution is -2.03. The fraction of sp³-hybridized carbons (Fsp3) is 0.357. The van der Waals surface area contributed by atoms with Crippen molar-refractivity contribution < 1.29 is 9.90 Å². The molecule has 5 heteroatoms. The first-order chi connectivity index (χ1) is 9.19. The van der Waals surface area contributed by atoms with Crippen LogP contribution >= 0.6 is 0 Å². The van der Waals surface area contributed by atoms with Crippen LogP contribution in [0.25, 0.3) is 5.69 Å². The molecular weight excluding hydrogens is 242 g/mol. The Labute approximate surface area is 110 Å². The number of hydrogen-bond donors (Lipinski definition) is 1. The van der Waals surface area contributed by atoms with Gasteiger partial charge in [0, 0.05) is 5.92 Å². The Morgan fingerprint density at radius 1 is 1.47 bits per heavy atom. The largest absolute Gasteiger partial charge is 0.475 e. The summed E-state index contributed by atoms with van der Waals surface area (Å²) in [6.07, 6.45) is 3.06. The molecule has 0 unspecified atom stereocenters. The molecule has 3 rings (SSSR count). The van der Waals surface area contributed by atoms with E-state index in [2.05, 4.69) is 23.1 Å². The first-order valence-corrected chi connectivity index (χ1v) is 6.48. The van der Waals surface area contributed by atoms with Crippen LogP contribution in [-0.2, 0) is 6.42 Å². The van der Waals surface area contributed by atoms with Gasteiger partial charge in [0.05, 0.1) is 5.69 Å². The average Bonchev–Trinajstić information content (AvgIpc) is 3.17. The summed E-state index contributed by atoms with van der Waals surface area (Å²) in [5.74, 6) is -0.0763. The molecule has 1 saturated carbocycles. The number of benzene rings is 1. The molecule has 1 aromatic carbocycles. The molecule has 1 aliphatic carbocycles. The van der Waals surface area contributed by atoms with Crippen molar-refractivity contribution in [2.45, 2.75) is 32.1 Å². The van der Waals surface area contributed by atoms with Gasteiger partial charge in [-0.15, -0.1) is 5.10 Å². The van der Waals surface area contributed by atoms with E-state index in [-0.39, 0.29) is 5.82 Å². The van der Waals surface area contributed by atoms with E-state index in [1.54, 1.807) is 4.68 Å². The van der Waals surface area contributed by atoms with E-state index in [1.165, 1.54) is 5.56 Å². The second-order valence-corrected chi connectivity index (χ2v) is 4.81.